The first-order valence-corrected chi connectivity index (χ1v) is 8.79. The molecule has 0 spiro atoms. The number of nitro groups is 1. The van der Waals surface area contributed by atoms with Crippen LogP contribution in [0.1, 0.15) is 18.0 Å². The second kappa shape index (κ2) is 6.21. The average molecular weight is 348 g/mol. The van der Waals surface area contributed by atoms with Gasteiger partial charge >= 0.3 is 0 Å². The zero-order valence-corrected chi connectivity index (χ0v) is 13.8. The van der Waals surface area contributed by atoms with Crippen LogP contribution in [-0.4, -0.2) is 31.3 Å². The van der Waals surface area contributed by atoms with Gasteiger partial charge in [-0.2, -0.15) is 4.31 Å². The van der Waals surface area contributed by atoms with Crippen molar-refractivity contribution in [3.05, 3.63) is 64.2 Å². The quantitative estimate of drug-likeness (QED) is 0.626. The van der Waals surface area contributed by atoms with Gasteiger partial charge in [-0.1, -0.05) is 24.3 Å². The van der Waals surface area contributed by atoms with Crippen molar-refractivity contribution in [3.8, 4) is 5.75 Å². The maximum Gasteiger partial charge on any atom is 0.270 e. The van der Waals surface area contributed by atoms with E-state index in [1.54, 1.807) is 6.07 Å². The maximum absolute atomic E-state index is 12.9. The van der Waals surface area contributed by atoms with Crippen molar-refractivity contribution in [2.75, 3.05) is 13.7 Å². The third-order valence-electron chi connectivity index (χ3n) is 4.07. The second-order valence-electron chi connectivity index (χ2n) is 5.47. The number of benzene rings is 2. The lowest BCUT2D eigenvalue weighted by Crippen LogP contribution is -2.34. The lowest BCUT2D eigenvalue weighted by atomic mass is 10.0. The van der Waals surface area contributed by atoms with E-state index in [4.69, 9.17) is 4.74 Å². The Morgan fingerprint density at radius 2 is 1.96 bits per heavy atom. The van der Waals surface area contributed by atoms with Gasteiger partial charge in [0.05, 0.1) is 22.5 Å². The number of fused-ring (bicyclic) bond motifs is 1. The normalized spacial score (nSPS) is 17.2. The first-order chi connectivity index (χ1) is 11.4. The van der Waals surface area contributed by atoms with Crippen molar-refractivity contribution in [1.29, 1.82) is 0 Å². The second-order valence-corrected chi connectivity index (χ2v) is 7.46. The summed E-state index contributed by atoms with van der Waals surface area (Å²) in [7, 11) is -2.38. The Bertz CT molecular complexity index is 882. The number of sulfonamides is 1. The van der Waals surface area contributed by atoms with Gasteiger partial charge in [-0.05, 0) is 12.1 Å². The molecule has 0 saturated carbocycles. The first kappa shape index (κ1) is 16.4. The van der Waals surface area contributed by atoms with E-state index in [1.165, 1.54) is 29.6 Å². The van der Waals surface area contributed by atoms with Crippen LogP contribution in [0.2, 0.25) is 0 Å². The van der Waals surface area contributed by atoms with Gasteiger partial charge in [0.15, 0.2) is 0 Å². The molecule has 0 fully saturated rings. The summed E-state index contributed by atoms with van der Waals surface area (Å²) in [5, 5.41) is 10.9. The van der Waals surface area contributed by atoms with Crippen LogP contribution in [0.3, 0.4) is 0 Å². The molecule has 1 aliphatic heterocycles. The van der Waals surface area contributed by atoms with Gasteiger partial charge in [-0.15, -0.1) is 0 Å². The molecule has 1 heterocycles. The fourth-order valence-electron chi connectivity index (χ4n) is 2.79. The molecule has 24 heavy (non-hydrogen) atoms. The first-order valence-electron chi connectivity index (χ1n) is 7.35. The Kier molecular flexibility index (Phi) is 4.25. The number of non-ortho nitro benzene ring substituents is 1. The van der Waals surface area contributed by atoms with E-state index in [9.17, 15) is 18.5 Å². The number of nitro benzene ring substituents is 1. The summed E-state index contributed by atoms with van der Waals surface area (Å²) < 4.78 is 32.6. The lowest BCUT2D eigenvalue weighted by molar-refractivity contribution is -0.385. The highest BCUT2D eigenvalue weighted by molar-refractivity contribution is 7.89. The van der Waals surface area contributed by atoms with Gasteiger partial charge in [0.1, 0.15) is 5.75 Å². The predicted octanol–water partition coefficient (Wildman–Crippen LogP) is 2.74. The van der Waals surface area contributed by atoms with Crippen LogP contribution < -0.4 is 4.74 Å². The number of rotatable bonds is 4. The topological polar surface area (TPSA) is 89.8 Å². The van der Waals surface area contributed by atoms with Crippen LogP contribution in [-0.2, 0) is 10.0 Å². The van der Waals surface area contributed by atoms with Crippen LogP contribution in [0.4, 0.5) is 5.69 Å². The number of ether oxygens (including phenoxy) is 1. The molecular weight excluding hydrogens is 332 g/mol. The molecule has 126 valence electrons. The highest BCUT2D eigenvalue weighted by Crippen LogP contribution is 2.37. The van der Waals surface area contributed by atoms with E-state index in [2.05, 4.69) is 0 Å². The molecule has 2 aromatic rings. The van der Waals surface area contributed by atoms with Gasteiger partial charge in [-0.3, -0.25) is 10.1 Å². The number of para-hydroxylation sites is 1. The molecule has 3 rings (SSSR count). The Balaban J connectivity index is 1.99. The Morgan fingerprint density at radius 3 is 2.71 bits per heavy atom. The summed E-state index contributed by atoms with van der Waals surface area (Å²) in [6, 6.07) is 12.0. The van der Waals surface area contributed by atoms with E-state index >= 15 is 0 Å². The van der Waals surface area contributed by atoms with Crippen molar-refractivity contribution >= 4 is 15.7 Å². The monoisotopic (exact) mass is 348 g/mol. The lowest BCUT2D eigenvalue weighted by Gasteiger charge is -2.32. The van der Waals surface area contributed by atoms with Crippen molar-refractivity contribution in [1.82, 2.24) is 4.31 Å². The van der Waals surface area contributed by atoms with E-state index in [0.29, 0.717) is 18.8 Å². The zero-order valence-electron chi connectivity index (χ0n) is 13.0. The molecule has 0 bridgehead atoms. The fourth-order valence-corrected chi connectivity index (χ4v) is 4.20. The molecule has 0 aliphatic carbocycles. The summed E-state index contributed by atoms with van der Waals surface area (Å²) in [5.74, 6) is 0.662. The minimum atomic E-state index is -3.86. The average Bonchev–Trinajstić information content (AvgIpc) is 2.60. The van der Waals surface area contributed by atoms with E-state index in [1.807, 2.05) is 18.2 Å². The van der Waals surface area contributed by atoms with Crippen LogP contribution in [0.15, 0.2) is 53.4 Å². The minimum absolute atomic E-state index is 0.0943. The molecule has 0 N–H and O–H groups in total. The largest absolute Gasteiger partial charge is 0.493 e. The highest BCUT2D eigenvalue weighted by Gasteiger charge is 2.33. The van der Waals surface area contributed by atoms with Gasteiger partial charge in [0.2, 0.25) is 10.0 Å². The van der Waals surface area contributed by atoms with Gasteiger partial charge in [-0.25, -0.2) is 8.42 Å². The Labute approximate surface area is 139 Å². The van der Waals surface area contributed by atoms with Crippen molar-refractivity contribution < 1.29 is 18.1 Å². The molecule has 0 saturated heterocycles. The predicted molar refractivity (Wildman–Crippen MR) is 87.3 cm³/mol. The Hall–Kier alpha value is -2.45. The molecular formula is C16H16N2O5S. The third kappa shape index (κ3) is 2.85. The van der Waals surface area contributed by atoms with Crippen molar-refractivity contribution in [2.24, 2.45) is 0 Å². The number of nitrogens with zero attached hydrogens (tertiary/aromatic N) is 2. The van der Waals surface area contributed by atoms with E-state index in [0.717, 1.165) is 11.6 Å². The minimum Gasteiger partial charge on any atom is -0.493 e. The molecule has 1 atom stereocenters. The molecule has 1 aliphatic rings. The molecule has 0 amide bonds. The fraction of sp³-hybridized carbons (Fsp3) is 0.250. The molecule has 2 aromatic carbocycles. The van der Waals surface area contributed by atoms with Gasteiger partial charge in [0, 0.05) is 31.2 Å². The molecule has 0 aromatic heterocycles. The summed E-state index contributed by atoms with van der Waals surface area (Å²) in [6.07, 6.45) is 0.516. The SMILES string of the molecule is CN(C1CCOc2ccccc21)S(=O)(=O)c1cccc([N+](=O)[O-])c1. The third-order valence-corrected chi connectivity index (χ3v) is 5.93. The smallest absolute Gasteiger partial charge is 0.270 e. The van der Waals surface area contributed by atoms with Crippen LogP contribution >= 0.6 is 0 Å². The number of hydrogen-bond acceptors (Lipinski definition) is 5. The van der Waals surface area contributed by atoms with Gasteiger partial charge in [0.25, 0.3) is 5.69 Å². The molecule has 7 nitrogen and oxygen atoms in total. The zero-order chi connectivity index (χ0) is 17.3. The van der Waals surface area contributed by atoms with Crippen molar-refractivity contribution in [2.45, 2.75) is 17.4 Å². The van der Waals surface area contributed by atoms with E-state index < -0.39 is 14.9 Å². The standard InChI is InChI=1S/C16H16N2O5S/c1-17(15-9-10-23-16-8-3-2-7-14(15)16)24(21,22)13-6-4-5-12(11-13)18(19)20/h2-8,11,15H,9-10H2,1H3. The van der Waals surface area contributed by atoms with Crippen molar-refractivity contribution in [3.63, 3.8) is 0 Å². The molecule has 0 radical (unpaired) electrons. The highest BCUT2D eigenvalue weighted by atomic mass is 32.2. The molecule has 8 heteroatoms. The van der Waals surface area contributed by atoms with Gasteiger partial charge < -0.3 is 4.74 Å². The van der Waals surface area contributed by atoms with Crippen LogP contribution in [0.25, 0.3) is 0 Å². The summed E-state index contributed by atoms with van der Waals surface area (Å²) in [6.45, 7) is 0.413. The summed E-state index contributed by atoms with van der Waals surface area (Å²) >= 11 is 0. The summed E-state index contributed by atoms with van der Waals surface area (Å²) in [5.41, 5.74) is 0.539. The van der Waals surface area contributed by atoms with Crippen LogP contribution in [0.5, 0.6) is 5.75 Å². The molecule has 1 unspecified atom stereocenters. The Morgan fingerprint density at radius 1 is 1.21 bits per heavy atom. The maximum atomic E-state index is 12.9. The number of hydrogen-bond donors (Lipinski definition) is 0. The summed E-state index contributed by atoms with van der Waals surface area (Å²) in [4.78, 5) is 10.2. The van der Waals surface area contributed by atoms with Crippen LogP contribution in [0, 0.1) is 10.1 Å². The van der Waals surface area contributed by atoms with E-state index in [-0.39, 0.29) is 16.6 Å².